The van der Waals surface area contributed by atoms with Crippen molar-refractivity contribution in [3.05, 3.63) is 168 Å². The van der Waals surface area contributed by atoms with Gasteiger partial charge in [0.05, 0.1) is 28.0 Å². The Morgan fingerprint density at radius 1 is 0.746 bits per heavy atom. The summed E-state index contributed by atoms with van der Waals surface area (Å²) in [6.07, 6.45) is 5.09. The number of hydrogen-bond acceptors (Lipinski definition) is 4. The molecule has 0 N–H and O–H groups in total. The van der Waals surface area contributed by atoms with Gasteiger partial charge in [-0.1, -0.05) is 94.8 Å². The topological polar surface area (TPSA) is 56.7 Å². The number of furan rings is 1. The van der Waals surface area contributed by atoms with E-state index in [-0.39, 0.29) is 20.1 Å². The molecule has 323 valence electrons. The predicted molar refractivity (Wildman–Crippen MR) is 263 cm³/mol. The zero-order chi connectivity index (χ0) is 43.7. The fraction of sp³-hybridized carbons (Fsp3) is 0.268. The van der Waals surface area contributed by atoms with Crippen molar-refractivity contribution >= 4 is 50.8 Å². The molecular formula is C56H58GeIrN4O-2. The van der Waals surface area contributed by atoms with E-state index in [1.165, 1.54) is 33.4 Å². The van der Waals surface area contributed by atoms with Crippen LogP contribution in [0.5, 0.6) is 0 Å². The molecule has 0 atom stereocenters. The molecule has 9 aromatic rings. The number of aromatic nitrogens is 4. The second-order valence-electron chi connectivity index (χ2n) is 18.7. The molecule has 0 fully saturated rings. The van der Waals surface area contributed by atoms with Gasteiger partial charge in [-0.3, -0.25) is 9.97 Å². The van der Waals surface area contributed by atoms with E-state index in [2.05, 4.69) is 172 Å². The molecule has 4 heterocycles. The molecule has 0 spiro atoms. The van der Waals surface area contributed by atoms with E-state index in [1.54, 1.807) is 4.40 Å². The van der Waals surface area contributed by atoms with Gasteiger partial charge in [0, 0.05) is 32.8 Å². The van der Waals surface area contributed by atoms with Gasteiger partial charge in [-0.05, 0) is 69.3 Å². The fourth-order valence-electron chi connectivity index (χ4n) is 8.75. The van der Waals surface area contributed by atoms with E-state index in [0.29, 0.717) is 24.3 Å². The molecule has 7 heteroatoms. The maximum Gasteiger partial charge on any atom is 0.139 e. The monoisotopic (exact) mass is 1070 g/mol. The van der Waals surface area contributed by atoms with Crippen molar-refractivity contribution in [2.75, 3.05) is 0 Å². The van der Waals surface area contributed by atoms with Crippen molar-refractivity contribution < 1.29 is 24.5 Å². The van der Waals surface area contributed by atoms with E-state index in [9.17, 15) is 0 Å². The van der Waals surface area contributed by atoms with Crippen LogP contribution >= 0.6 is 0 Å². The molecule has 0 amide bonds. The van der Waals surface area contributed by atoms with Gasteiger partial charge in [0.15, 0.2) is 0 Å². The number of fused-ring (bicyclic) bond motifs is 4. The van der Waals surface area contributed by atoms with Gasteiger partial charge in [-0.2, -0.15) is 0 Å². The van der Waals surface area contributed by atoms with Crippen LogP contribution in [-0.2, 0) is 33.1 Å². The Hall–Kier alpha value is -5.14. The SMILES string of the molecule is CC(C)Cc1cc(-c2[c-]cccc2)nc[c]1[Ge]([CH3])([CH3])[CH3].Cc1c[c-]c(-c2nc3ccccc3n2Cc2c(C(C)C)cc(-c3ccccc3)cc2C(C)C)c2oc3cccnc3c12.[Ir]. The summed E-state index contributed by atoms with van der Waals surface area (Å²) in [6, 6.07) is 47.0. The zero-order valence-corrected chi connectivity index (χ0v) is 42.8. The van der Waals surface area contributed by atoms with Crippen LogP contribution in [0.1, 0.15) is 81.2 Å². The first-order valence-corrected chi connectivity index (χ1v) is 29.5. The number of imidazole rings is 1. The molecule has 0 aliphatic carbocycles. The van der Waals surface area contributed by atoms with E-state index in [1.807, 2.05) is 42.6 Å². The van der Waals surface area contributed by atoms with E-state index in [0.717, 1.165) is 67.7 Å². The third kappa shape index (κ3) is 9.70. The number of benzene rings is 5. The summed E-state index contributed by atoms with van der Waals surface area (Å²) >= 11 is -1.86. The smallest absolute Gasteiger partial charge is 0.139 e. The Balaban J connectivity index is 0.000000239. The van der Waals surface area contributed by atoms with Gasteiger partial charge in [0.1, 0.15) is 5.58 Å². The average Bonchev–Trinajstić information content (AvgIpc) is 3.83. The molecule has 5 aromatic carbocycles. The van der Waals surface area contributed by atoms with Crippen LogP contribution in [0.3, 0.4) is 0 Å². The molecule has 5 nitrogen and oxygen atoms in total. The van der Waals surface area contributed by atoms with Crippen molar-refractivity contribution in [1.82, 2.24) is 19.5 Å². The molecule has 0 bridgehead atoms. The van der Waals surface area contributed by atoms with Crippen molar-refractivity contribution in [3.8, 4) is 33.8 Å². The number of nitrogens with zero attached hydrogens (tertiary/aromatic N) is 4. The Morgan fingerprint density at radius 3 is 2.11 bits per heavy atom. The second-order valence-corrected chi connectivity index (χ2v) is 29.2. The molecule has 1 radical (unpaired) electrons. The number of pyridine rings is 2. The molecule has 63 heavy (non-hydrogen) atoms. The van der Waals surface area contributed by atoms with Gasteiger partial charge < -0.3 is 8.98 Å². The molecule has 0 unspecified atom stereocenters. The molecule has 4 aromatic heterocycles. The predicted octanol–water partition coefficient (Wildman–Crippen LogP) is 14.4. The molecular weight excluding hydrogens is 1010 g/mol. The summed E-state index contributed by atoms with van der Waals surface area (Å²) in [5, 5.41) is 1.02. The number of hydrogen-bond donors (Lipinski definition) is 0. The van der Waals surface area contributed by atoms with Crippen molar-refractivity contribution in [2.45, 2.75) is 90.5 Å². The molecule has 0 aliphatic rings. The number of aryl methyl sites for hydroxylation is 1. The summed E-state index contributed by atoms with van der Waals surface area (Å²) in [7, 11) is 0. The number of rotatable bonds is 10. The minimum Gasteiger partial charge on any atom is -0.499 e. The van der Waals surface area contributed by atoms with Crippen molar-refractivity contribution in [2.24, 2.45) is 5.92 Å². The first kappa shape index (κ1) is 45.9. The van der Waals surface area contributed by atoms with Crippen LogP contribution in [0, 0.1) is 25.0 Å². The average molecular weight is 1070 g/mol. The summed E-state index contributed by atoms with van der Waals surface area (Å²) in [5.41, 5.74) is 16.7. The Bertz CT molecular complexity index is 2970. The summed E-state index contributed by atoms with van der Waals surface area (Å²) in [6.45, 7) is 16.5. The molecule has 0 aliphatic heterocycles. The van der Waals surface area contributed by atoms with Gasteiger partial charge >= 0.3 is 126 Å². The maximum atomic E-state index is 6.46. The van der Waals surface area contributed by atoms with Crippen LogP contribution < -0.4 is 4.40 Å². The van der Waals surface area contributed by atoms with E-state index in [4.69, 9.17) is 14.4 Å². The van der Waals surface area contributed by atoms with Crippen molar-refractivity contribution in [3.63, 3.8) is 0 Å². The largest absolute Gasteiger partial charge is 0.499 e. The third-order valence-corrected chi connectivity index (χ3v) is 16.1. The minimum absolute atomic E-state index is 0. The minimum atomic E-state index is -1.86. The number of para-hydroxylation sites is 2. The Morgan fingerprint density at radius 2 is 1.44 bits per heavy atom. The summed E-state index contributed by atoms with van der Waals surface area (Å²) in [4.78, 5) is 14.6. The van der Waals surface area contributed by atoms with Crippen LogP contribution in [0.4, 0.5) is 0 Å². The molecule has 0 saturated carbocycles. The summed E-state index contributed by atoms with van der Waals surface area (Å²) < 4.78 is 10.4. The fourth-order valence-corrected chi connectivity index (χ4v) is 12.1. The van der Waals surface area contributed by atoms with Crippen LogP contribution in [0.2, 0.25) is 17.3 Å². The van der Waals surface area contributed by atoms with E-state index < -0.39 is 13.3 Å². The molecule has 9 rings (SSSR count). The Kier molecular flexibility index (Phi) is 14.1. The van der Waals surface area contributed by atoms with Crippen LogP contribution in [0.15, 0.2) is 132 Å². The zero-order valence-electron chi connectivity index (χ0n) is 38.3. The van der Waals surface area contributed by atoms with Gasteiger partial charge in [0.25, 0.3) is 0 Å². The van der Waals surface area contributed by atoms with Crippen LogP contribution in [-0.4, -0.2) is 32.8 Å². The second kappa shape index (κ2) is 19.3. The first-order valence-electron chi connectivity index (χ1n) is 22.1. The normalized spacial score (nSPS) is 11.8. The van der Waals surface area contributed by atoms with Gasteiger partial charge in [0.2, 0.25) is 0 Å². The van der Waals surface area contributed by atoms with Crippen molar-refractivity contribution in [1.29, 1.82) is 0 Å². The Labute approximate surface area is 390 Å². The quantitative estimate of drug-likeness (QED) is 0.101. The third-order valence-electron chi connectivity index (χ3n) is 11.8. The van der Waals surface area contributed by atoms with Gasteiger partial charge in [-0.15, -0.1) is 17.7 Å². The molecule has 0 saturated heterocycles. The maximum absolute atomic E-state index is 6.46. The summed E-state index contributed by atoms with van der Waals surface area (Å²) in [5.74, 6) is 9.57. The van der Waals surface area contributed by atoms with Crippen LogP contribution in [0.25, 0.3) is 66.9 Å². The van der Waals surface area contributed by atoms with E-state index >= 15 is 0 Å². The first-order chi connectivity index (χ1) is 29.8. The standard InChI is InChI=1S/C38H34N3O.C18H24GeN.Ir/c1-23(2)29-20-27(26-12-7-6-8-13-26)21-30(24(3)4)31(29)22-41-33-15-10-9-14-32(33)40-38(41)28-18-17-25(5)35-36-34(42-37(28)35)16-11-19-39-36;1-14(2)11-16-12-18(15-9-7-6-8-10-15)20-13-17(16)19(3,4)5;/h6-17,19-21,23-24H,22H2,1-5H3;6-9,12-14H,11H2,1-5H3;/q2*-1;. The van der Waals surface area contributed by atoms with Gasteiger partial charge in [-0.25, -0.2) is 0 Å².